The van der Waals surface area contributed by atoms with Crippen LogP contribution >= 0.6 is 0 Å². The van der Waals surface area contributed by atoms with Crippen LogP contribution in [0.15, 0.2) is 18.2 Å². The first kappa shape index (κ1) is 15.3. The summed E-state index contributed by atoms with van der Waals surface area (Å²) in [5.41, 5.74) is 7.01. The fourth-order valence-corrected chi connectivity index (χ4v) is 1.83. The molecular weight excluding hydrogens is 242 g/mol. The molecule has 1 atom stereocenters. The summed E-state index contributed by atoms with van der Waals surface area (Å²) in [5, 5.41) is 12.2. The van der Waals surface area contributed by atoms with Crippen molar-refractivity contribution < 1.29 is 9.90 Å². The molecule has 0 aromatic heterocycles. The average molecular weight is 265 g/mol. The quantitative estimate of drug-likeness (QED) is 0.658. The van der Waals surface area contributed by atoms with E-state index in [1.165, 1.54) is 0 Å². The molecule has 0 heterocycles. The van der Waals surface area contributed by atoms with E-state index in [1.807, 2.05) is 0 Å². The molecule has 0 aliphatic heterocycles. The molecule has 1 unspecified atom stereocenters. The molecule has 0 saturated heterocycles. The molecule has 1 rings (SSSR count). The maximum absolute atomic E-state index is 11.1. The maximum atomic E-state index is 11.1. The molecule has 5 nitrogen and oxygen atoms in total. The van der Waals surface area contributed by atoms with Crippen molar-refractivity contribution in [1.82, 2.24) is 4.90 Å². The number of hydrogen-bond donors (Lipinski definition) is 3. The number of nitrogens with two attached hydrogens (primary N) is 1. The van der Waals surface area contributed by atoms with Gasteiger partial charge in [-0.25, -0.2) is 4.79 Å². The van der Waals surface area contributed by atoms with E-state index < -0.39 is 5.97 Å². The van der Waals surface area contributed by atoms with Crippen molar-refractivity contribution in [2.24, 2.45) is 0 Å². The lowest BCUT2D eigenvalue weighted by atomic mass is 10.1. The number of carboxylic acids is 1. The highest BCUT2D eigenvalue weighted by Gasteiger charge is 2.12. The van der Waals surface area contributed by atoms with Gasteiger partial charge in [0.1, 0.15) is 0 Å². The summed E-state index contributed by atoms with van der Waals surface area (Å²) < 4.78 is 0. The Balaban J connectivity index is 2.65. The maximum Gasteiger partial charge on any atom is 0.337 e. The molecule has 0 saturated carbocycles. The van der Waals surface area contributed by atoms with Crippen LogP contribution in [0.1, 0.15) is 30.6 Å². The highest BCUT2D eigenvalue weighted by molar-refractivity contribution is 5.97. The molecule has 0 amide bonds. The summed E-state index contributed by atoms with van der Waals surface area (Å²) in [7, 11) is 2.06. The van der Waals surface area contributed by atoms with E-state index in [9.17, 15) is 4.79 Å². The smallest absolute Gasteiger partial charge is 0.337 e. The van der Waals surface area contributed by atoms with Crippen LogP contribution in [0.25, 0.3) is 0 Å². The molecule has 4 N–H and O–H groups in total. The Bertz CT molecular complexity index is 435. The number of nitrogens with one attached hydrogen (secondary N) is 1. The van der Waals surface area contributed by atoms with Gasteiger partial charge in [-0.2, -0.15) is 0 Å². The normalized spacial score (nSPS) is 12.4. The van der Waals surface area contributed by atoms with E-state index in [1.54, 1.807) is 18.2 Å². The number of benzene rings is 1. The summed E-state index contributed by atoms with van der Waals surface area (Å²) in [4.78, 5) is 13.3. The minimum absolute atomic E-state index is 0.214. The van der Waals surface area contributed by atoms with Gasteiger partial charge in [0.05, 0.1) is 16.9 Å². The number of carboxylic acid groups (broad SMARTS) is 1. The van der Waals surface area contributed by atoms with E-state index in [0.29, 0.717) is 24.0 Å². The lowest BCUT2D eigenvalue weighted by Crippen LogP contribution is -2.33. The molecule has 0 aliphatic carbocycles. The van der Waals surface area contributed by atoms with Crippen molar-refractivity contribution >= 4 is 17.3 Å². The highest BCUT2D eigenvalue weighted by atomic mass is 16.4. The number of anilines is 2. The minimum Gasteiger partial charge on any atom is -0.478 e. The zero-order valence-corrected chi connectivity index (χ0v) is 11.8. The number of rotatable bonds is 7. The molecule has 5 heteroatoms. The zero-order valence-electron chi connectivity index (χ0n) is 11.8. The number of para-hydroxylation sites is 1. The van der Waals surface area contributed by atoms with E-state index in [0.717, 1.165) is 13.0 Å². The van der Waals surface area contributed by atoms with Crippen molar-refractivity contribution in [3.8, 4) is 0 Å². The Kier molecular flexibility index (Phi) is 5.63. The van der Waals surface area contributed by atoms with Crippen molar-refractivity contribution in [1.29, 1.82) is 0 Å². The molecule has 19 heavy (non-hydrogen) atoms. The Morgan fingerprint density at radius 1 is 1.53 bits per heavy atom. The summed E-state index contributed by atoms with van der Waals surface area (Å²) in [5.74, 6) is -0.968. The minimum atomic E-state index is -0.968. The highest BCUT2D eigenvalue weighted by Crippen LogP contribution is 2.23. The first-order valence-corrected chi connectivity index (χ1v) is 6.53. The van der Waals surface area contributed by atoms with Crippen LogP contribution < -0.4 is 11.1 Å². The summed E-state index contributed by atoms with van der Waals surface area (Å²) in [6.07, 6.45) is 1.09. The lowest BCUT2D eigenvalue weighted by molar-refractivity contribution is 0.0698. The number of nitrogen functional groups attached to an aromatic ring is 1. The Hall–Kier alpha value is -1.75. The van der Waals surface area contributed by atoms with E-state index in [-0.39, 0.29) is 5.56 Å². The Morgan fingerprint density at radius 3 is 2.79 bits per heavy atom. The second-order valence-electron chi connectivity index (χ2n) is 4.74. The van der Waals surface area contributed by atoms with Gasteiger partial charge in [0.2, 0.25) is 0 Å². The summed E-state index contributed by atoms with van der Waals surface area (Å²) in [6.45, 7) is 5.81. The summed E-state index contributed by atoms with van der Waals surface area (Å²) >= 11 is 0. The van der Waals surface area contributed by atoms with Crippen LogP contribution in [0.3, 0.4) is 0 Å². The third-order valence-corrected chi connectivity index (χ3v) is 3.44. The second-order valence-corrected chi connectivity index (χ2v) is 4.74. The van der Waals surface area contributed by atoms with Crippen molar-refractivity contribution in [3.05, 3.63) is 23.8 Å². The predicted octanol–water partition coefficient (Wildman–Crippen LogP) is 2.11. The largest absolute Gasteiger partial charge is 0.478 e. The van der Waals surface area contributed by atoms with Crippen LogP contribution in [-0.4, -0.2) is 42.2 Å². The second kappa shape index (κ2) is 6.99. The molecule has 0 bridgehead atoms. The number of hydrogen-bond acceptors (Lipinski definition) is 4. The standard InChI is InChI=1S/C14H23N3O2/c1-4-10(2)17(3)9-8-16-13-11(14(18)19)6-5-7-12(13)15/h5-7,10,16H,4,8-9,15H2,1-3H3,(H,18,19). The van der Waals surface area contributed by atoms with Crippen LogP contribution in [0.5, 0.6) is 0 Å². The fraction of sp³-hybridized carbons (Fsp3) is 0.500. The molecule has 0 fully saturated rings. The molecule has 1 aromatic rings. The van der Waals surface area contributed by atoms with E-state index >= 15 is 0 Å². The number of likely N-dealkylation sites (N-methyl/N-ethyl adjacent to an activating group) is 1. The van der Waals surface area contributed by atoms with Crippen molar-refractivity contribution in [2.75, 3.05) is 31.2 Å². The molecule has 0 spiro atoms. The first-order chi connectivity index (χ1) is 8.97. The van der Waals surface area contributed by atoms with Crippen molar-refractivity contribution in [3.63, 3.8) is 0 Å². The number of carbonyl (C=O) groups is 1. The monoisotopic (exact) mass is 265 g/mol. The Labute approximate surface area is 114 Å². The van der Waals surface area contributed by atoms with Gasteiger partial charge >= 0.3 is 5.97 Å². The van der Waals surface area contributed by atoms with Crippen LogP contribution in [0.4, 0.5) is 11.4 Å². The number of aromatic carboxylic acids is 1. The van der Waals surface area contributed by atoms with Gasteiger partial charge in [-0.05, 0) is 32.5 Å². The number of nitrogens with zero attached hydrogens (tertiary/aromatic N) is 1. The molecule has 0 aliphatic rings. The summed E-state index contributed by atoms with van der Waals surface area (Å²) in [6, 6.07) is 5.41. The topological polar surface area (TPSA) is 78.6 Å². The average Bonchev–Trinajstić information content (AvgIpc) is 2.39. The Morgan fingerprint density at radius 2 is 2.21 bits per heavy atom. The van der Waals surface area contributed by atoms with Crippen molar-refractivity contribution in [2.45, 2.75) is 26.3 Å². The predicted molar refractivity (Wildman–Crippen MR) is 78.7 cm³/mol. The van der Waals surface area contributed by atoms with E-state index in [4.69, 9.17) is 10.8 Å². The van der Waals surface area contributed by atoms with Gasteiger partial charge in [0, 0.05) is 19.1 Å². The van der Waals surface area contributed by atoms with Gasteiger partial charge in [0.15, 0.2) is 0 Å². The lowest BCUT2D eigenvalue weighted by Gasteiger charge is -2.24. The molecular formula is C14H23N3O2. The van der Waals surface area contributed by atoms with Gasteiger partial charge in [-0.1, -0.05) is 13.0 Å². The van der Waals surface area contributed by atoms with Crippen LogP contribution in [-0.2, 0) is 0 Å². The van der Waals surface area contributed by atoms with Gasteiger partial charge < -0.3 is 21.1 Å². The van der Waals surface area contributed by atoms with Crippen LogP contribution in [0, 0.1) is 0 Å². The fourth-order valence-electron chi connectivity index (χ4n) is 1.83. The third-order valence-electron chi connectivity index (χ3n) is 3.44. The SMILES string of the molecule is CCC(C)N(C)CCNc1c(N)cccc1C(=O)O. The van der Waals surface area contributed by atoms with Gasteiger partial charge in [0.25, 0.3) is 0 Å². The molecule has 0 radical (unpaired) electrons. The first-order valence-electron chi connectivity index (χ1n) is 6.53. The van der Waals surface area contributed by atoms with E-state index in [2.05, 4.69) is 31.1 Å². The van der Waals surface area contributed by atoms with Crippen LogP contribution in [0.2, 0.25) is 0 Å². The zero-order chi connectivity index (χ0) is 14.4. The molecule has 106 valence electrons. The molecule has 1 aromatic carbocycles. The van der Waals surface area contributed by atoms with Gasteiger partial charge in [-0.15, -0.1) is 0 Å². The van der Waals surface area contributed by atoms with Gasteiger partial charge in [-0.3, -0.25) is 0 Å². The third kappa shape index (κ3) is 4.13.